The molecule has 0 unspecified atom stereocenters. The first-order chi connectivity index (χ1) is 14.5. The van der Waals surface area contributed by atoms with Crippen molar-refractivity contribution in [3.8, 4) is 5.75 Å². The summed E-state index contributed by atoms with van der Waals surface area (Å²) in [6.45, 7) is 4.80. The Morgan fingerprint density at radius 3 is 2.70 bits per heavy atom. The van der Waals surface area contributed by atoms with Crippen LogP contribution in [0.1, 0.15) is 28.5 Å². The third-order valence-electron chi connectivity index (χ3n) is 4.44. The molecular weight excluding hydrogens is 400 g/mol. The monoisotopic (exact) mass is 420 g/mol. The Kier molecular flexibility index (Phi) is 5.58. The zero-order valence-electron chi connectivity index (χ0n) is 16.6. The molecule has 4 aromatic rings. The highest BCUT2D eigenvalue weighted by atomic mass is 32.1. The van der Waals surface area contributed by atoms with E-state index in [9.17, 15) is 9.59 Å². The largest absolute Gasteiger partial charge is 0.494 e. The molecular formula is C22H20N4O3S. The van der Waals surface area contributed by atoms with E-state index in [2.05, 4.69) is 15.4 Å². The summed E-state index contributed by atoms with van der Waals surface area (Å²) in [5.41, 5.74) is 2.73. The molecule has 0 aliphatic carbocycles. The number of carbonyl (C=O) groups is 1. The molecule has 7 nitrogen and oxygen atoms in total. The van der Waals surface area contributed by atoms with Crippen LogP contribution < -0.4 is 15.6 Å². The van der Waals surface area contributed by atoms with Crippen LogP contribution in [0.2, 0.25) is 0 Å². The van der Waals surface area contributed by atoms with E-state index in [1.54, 1.807) is 0 Å². The topological polar surface area (TPSA) is 86.1 Å². The van der Waals surface area contributed by atoms with Crippen LogP contribution in [0.3, 0.4) is 0 Å². The lowest BCUT2D eigenvalue weighted by atomic mass is 10.1. The van der Waals surface area contributed by atoms with Crippen molar-refractivity contribution in [1.82, 2.24) is 14.8 Å². The Labute approximate surface area is 177 Å². The van der Waals surface area contributed by atoms with Gasteiger partial charge < -0.3 is 4.74 Å². The Morgan fingerprint density at radius 1 is 1.13 bits per heavy atom. The molecule has 2 aromatic carbocycles. The Morgan fingerprint density at radius 2 is 1.93 bits per heavy atom. The molecule has 8 heteroatoms. The minimum atomic E-state index is -0.420. The van der Waals surface area contributed by atoms with Gasteiger partial charge in [0.05, 0.1) is 23.4 Å². The van der Waals surface area contributed by atoms with E-state index < -0.39 is 5.91 Å². The summed E-state index contributed by atoms with van der Waals surface area (Å²) < 4.78 is 7.70. The molecule has 1 amide bonds. The zero-order valence-corrected chi connectivity index (χ0v) is 17.4. The molecule has 0 saturated carbocycles. The number of anilines is 1. The summed E-state index contributed by atoms with van der Waals surface area (Å²) in [4.78, 5) is 29.3. The van der Waals surface area contributed by atoms with Gasteiger partial charge >= 0.3 is 0 Å². The maximum atomic E-state index is 12.7. The van der Waals surface area contributed by atoms with Crippen molar-refractivity contribution < 1.29 is 9.53 Å². The molecule has 4 rings (SSSR count). The first-order valence-corrected chi connectivity index (χ1v) is 10.3. The summed E-state index contributed by atoms with van der Waals surface area (Å²) in [5.74, 6) is 0.341. The number of amides is 1. The average molecular weight is 420 g/mol. The van der Waals surface area contributed by atoms with Crippen LogP contribution in [0.5, 0.6) is 5.75 Å². The van der Waals surface area contributed by atoms with Gasteiger partial charge in [-0.25, -0.2) is 9.67 Å². The van der Waals surface area contributed by atoms with Gasteiger partial charge in [-0.3, -0.25) is 14.9 Å². The van der Waals surface area contributed by atoms with Crippen molar-refractivity contribution in [2.45, 2.75) is 20.4 Å². The van der Waals surface area contributed by atoms with Gasteiger partial charge in [-0.1, -0.05) is 41.2 Å². The van der Waals surface area contributed by atoms with Gasteiger partial charge in [0.2, 0.25) is 0 Å². The van der Waals surface area contributed by atoms with Crippen molar-refractivity contribution in [3.63, 3.8) is 0 Å². The van der Waals surface area contributed by atoms with Crippen LogP contribution in [-0.4, -0.2) is 27.3 Å². The quantitative estimate of drug-likeness (QED) is 0.512. The molecule has 1 N–H and O–H groups in total. The summed E-state index contributed by atoms with van der Waals surface area (Å²) in [5, 5.41) is 7.45. The number of nitrogens with one attached hydrogen (secondary N) is 1. The first kappa shape index (κ1) is 19.8. The average Bonchev–Trinajstić information content (AvgIpc) is 3.13. The second-order valence-electron chi connectivity index (χ2n) is 6.74. The number of ether oxygens (including phenoxy) is 1. The highest BCUT2D eigenvalue weighted by molar-refractivity contribution is 7.22. The second kappa shape index (κ2) is 8.46. The summed E-state index contributed by atoms with van der Waals surface area (Å²) in [6, 6.07) is 16.2. The van der Waals surface area contributed by atoms with E-state index in [1.807, 2.05) is 56.3 Å². The number of aryl methyl sites for hydroxylation is 1. The molecule has 0 saturated heterocycles. The second-order valence-corrected chi connectivity index (χ2v) is 7.77. The molecule has 0 aliphatic rings. The van der Waals surface area contributed by atoms with E-state index >= 15 is 0 Å². The molecule has 30 heavy (non-hydrogen) atoms. The third-order valence-corrected chi connectivity index (χ3v) is 5.38. The van der Waals surface area contributed by atoms with Crippen LogP contribution in [-0.2, 0) is 6.54 Å². The molecule has 0 fully saturated rings. The van der Waals surface area contributed by atoms with Crippen molar-refractivity contribution in [3.05, 3.63) is 81.8 Å². The van der Waals surface area contributed by atoms with Crippen molar-refractivity contribution in [2.75, 3.05) is 11.9 Å². The normalized spacial score (nSPS) is 10.9. The molecule has 2 heterocycles. The number of carbonyl (C=O) groups excluding carboxylic acids is 1. The van der Waals surface area contributed by atoms with Crippen LogP contribution in [0.4, 0.5) is 5.13 Å². The molecule has 0 atom stereocenters. The number of hydrogen-bond donors (Lipinski definition) is 1. The smallest absolute Gasteiger partial charge is 0.277 e. The van der Waals surface area contributed by atoms with E-state index in [0.717, 1.165) is 27.1 Å². The number of rotatable bonds is 6. The lowest BCUT2D eigenvalue weighted by Crippen LogP contribution is -2.26. The van der Waals surface area contributed by atoms with Gasteiger partial charge in [0.25, 0.3) is 11.5 Å². The molecule has 0 spiro atoms. The standard InChI is InChI=1S/C22H20N4O3S/c1-3-29-16-8-9-17-19(12-16)30-22(23-17)24-21(28)18-10-11-20(27)26(25-18)13-15-6-4-14(2)5-7-15/h4-12H,3,13H2,1-2H3,(H,23,24,28). The summed E-state index contributed by atoms with van der Waals surface area (Å²) in [7, 11) is 0. The molecule has 0 bridgehead atoms. The predicted molar refractivity (Wildman–Crippen MR) is 118 cm³/mol. The van der Waals surface area contributed by atoms with Crippen LogP contribution in [0.15, 0.2) is 59.4 Å². The van der Waals surface area contributed by atoms with Gasteiger partial charge in [-0.2, -0.15) is 5.10 Å². The van der Waals surface area contributed by atoms with E-state index in [4.69, 9.17) is 4.74 Å². The molecule has 0 aliphatic heterocycles. The zero-order chi connectivity index (χ0) is 21.1. The highest BCUT2D eigenvalue weighted by Crippen LogP contribution is 2.29. The predicted octanol–water partition coefficient (Wildman–Crippen LogP) is 3.86. The highest BCUT2D eigenvalue weighted by Gasteiger charge is 2.13. The van der Waals surface area contributed by atoms with Crippen molar-refractivity contribution >= 4 is 32.6 Å². The molecule has 2 aromatic heterocycles. The van der Waals surface area contributed by atoms with Crippen molar-refractivity contribution in [1.29, 1.82) is 0 Å². The lowest BCUT2D eigenvalue weighted by Gasteiger charge is -2.07. The fourth-order valence-electron chi connectivity index (χ4n) is 2.93. The lowest BCUT2D eigenvalue weighted by molar-refractivity contribution is 0.102. The number of fused-ring (bicyclic) bond motifs is 1. The maximum absolute atomic E-state index is 12.7. The number of thiazole rings is 1. The van der Waals surface area contributed by atoms with Gasteiger partial charge in [0.1, 0.15) is 11.4 Å². The Hall–Kier alpha value is -3.52. The molecule has 0 radical (unpaired) electrons. The minimum absolute atomic E-state index is 0.149. The SMILES string of the molecule is CCOc1ccc2nc(NC(=O)c3ccc(=O)n(Cc4ccc(C)cc4)n3)sc2c1. The fourth-order valence-corrected chi connectivity index (χ4v) is 3.82. The van der Waals surface area contributed by atoms with Gasteiger partial charge in [-0.15, -0.1) is 0 Å². The minimum Gasteiger partial charge on any atom is -0.494 e. The number of aromatic nitrogens is 3. The maximum Gasteiger partial charge on any atom is 0.277 e. The van der Waals surface area contributed by atoms with Crippen LogP contribution in [0, 0.1) is 6.92 Å². The third kappa shape index (κ3) is 4.38. The van der Waals surface area contributed by atoms with Crippen LogP contribution in [0.25, 0.3) is 10.2 Å². The number of nitrogens with zero attached hydrogens (tertiary/aromatic N) is 3. The number of benzene rings is 2. The van der Waals surface area contributed by atoms with Crippen molar-refractivity contribution in [2.24, 2.45) is 0 Å². The molecule has 152 valence electrons. The summed E-state index contributed by atoms with van der Waals surface area (Å²) >= 11 is 1.35. The first-order valence-electron chi connectivity index (χ1n) is 9.50. The van der Waals surface area contributed by atoms with Gasteiger partial charge in [0.15, 0.2) is 5.13 Å². The van der Waals surface area contributed by atoms with Gasteiger partial charge in [0, 0.05) is 6.07 Å². The number of hydrogen-bond acceptors (Lipinski definition) is 6. The Balaban J connectivity index is 1.54. The van der Waals surface area contributed by atoms with E-state index in [0.29, 0.717) is 18.3 Å². The Bertz CT molecular complexity index is 1260. The van der Waals surface area contributed by atoms with E-state index in [1.165, 1.54) is 28.2 Å². The fraction of sp³-hybridized carbons (Fsp3) is 0.182. The summed E-state index contributed by atoms with van der Waals surface area (Å²) in [6.07, 6.45) is 0. The van der Waals surface area contributed by atoms with Gasteiger partial charge in [-0.05, 0) is 43.7 Å². The van der Waals surface area contributed by atoms with E-state index in [-0.39, 0.29) is 11.3 Å². The van der Waals surface area contributed by atoms with Crippen LogP contribution >= 0.6 is 11.3 Å².